The van der Waals surface area contributed by atoms with Gasteiger partial charge in [0.05, 0.1) is 16.1 Å². The molecule has 0 fully saturated rings. The molecule has 0 saturated carbocycles. The summed E-state index contributed by atoms with van der Waals surface area (Å²) >= 11 is 5.74. The molecular formula is C9H5ClF3N3O2. The molecule has 0 bridgehead atoms. The normalized spacial score (nSPS) is 12.0. The number of carboxylic acid groups (broad SMARTS) is 1. The van der Waals surface area contributed by atoms with Crippen LogP contribution in [0.25, 0.3) is 11.0 Å². The average molecular weight is 280 g/mol. The van der Waals surface area contributed by atoms with Gasteiger partial charge in [0.1, 0.15) is 12.1 Å². The van der Waals surface area contributed by atoms with E-state index >= 15 is 0 Å². The number of alkyl halides is 3. The van der Waals surface area contributed by atoms with Crippen LogP contribution in [0.15, 0.2) is 12.1 Å². The van der Waals surface area contributed by atoms with Gasteiger partial charge in [-0.3, -0.25) is 0 Å². The lowest BCUT2D eigenvalue weighted by Crippen LogP contribution is -2.18. The number of benzene rings is 1. The van der Waals surface area contributed by atoms with Crippen molar-refractivity contribution in [3.8, 4) is 0 Å². The Balaban J connectivity index is 2.56. The molecule has 9 heteroatoms. The Bertz CT molecular complexity index is 623. The number of fused-ring (bicyclic) bond motifs is 1. The van der Waals surface area contributed by atoms with Gasteiger partial charge >= 0.3 is 12.1 Å². The number of aromatic nitrogens is 3. The summed E-state index contributed by atoms with van der Waals surface area (Å²) in [5.41, 5.74) is -0.272. The van der Waals surface area contributed by atoms with E-state index in [0.717, 1.165) is 6.07 Å². The van der Waals surface area contributed by atoms with Gasteiger partial charge in [-0.2, -0.15) is 13.2 Å². The van der Waals surface area contributed by atoms with Crippen LogP contribution in [0.2, 0.25) is 5.02 Å². The lowest BCUT2D eigenvalue weighted by atomic mass is 10.2. The Morgan fingerprint density at radius 3 is 2.67 bits per heavy atom. The van der Waals surface area contributed by atoms with Gasteiger partial charge in [-0.25, -0.2) is 9.48 Å². The highest BCUT2D eigenvalue weighted by Crippen LogP contribution is 2.27. The summed E-state index contributed by atoms with van der Waals surface area (Å²) in [5.74, 6) is -1.28. The quantitative estimate of drug-likeness (QED) is 0.916. The fourth-order valence-corrected chi connectivity index (χ4v) is 1.73. The number of hydrogen-bond acceptors (Lipinski definition) is 3. The molecule has 0 saturated heterocycles. The summed E-state index contributed by atoms with van der Waals surface area (Å²) in [7, 11) is 0. The molecule has 0 aliphatic rings. The second kappa shape index (κ2) is 4.13. The van der Waals surface area contributed by atoms with Crippen LogP contribution in [0.4, 0.5) is 13.2 Å². The van der Waals surface area contributed by atoms with E-state index < -0.39 is 18.7 Å². The molecule has 1 aromatic carbocycles. The second-order valence-electron chi connectivity index (χ2n) is 3.46. The topological polar surface area (TPSA) is 68.0 Å². The van der Waals surface area contributed by atoms with Crippen molar-refractivity contribution in [2.45, 2.75) is 12.7 Å². The Hall–Kier alpha value is -1.83. The van der Waals surface area contributed by atoms with E-state index in [2.05, 4.69) is 10.3 Å². The maximum Gasteiger partial charge on any atom is 0.408 e. The number of aromatic carboxylic acids is 1. The monoisotopic (exact) mass is 279 g/mol. The van der Waals surface area contributed by atoms with Gasteiger partial charge in [0, 0.05) is 0 Å². The summed E-state index contributed by atoms with van der Waals surface area (Å²) in [4.78, 5) is 10.8. The van der Waals surface area contributed by atoms with Crippen molar-refractivity contribution in [1.29, 1.82) is 0 Å². The van der Waals surface area contributed by atoms with Crippen molar-refractivity contribution in [3.05, 3.63) is 22.7 Å². The molecule has 18 heavy (non-hydrogen) atoms. The van der Waals surface area contributed by atoms with Crippen molar-refractivity contribution in [2.75, 3.05) is 0 Å². The number of hydrogen-bond donors (Lipinski definition) is 1. The summed E-state index contributed by atoms with van der Waals surface area (Å²) in [6.45, 7) is -1.31. The van der Waals surface area contributed by atoms with Gasteiger partial charge in [0.25, 0.3) is 0 Å². The predicted octanol–water partition coefficient (Wildman–Crippen LogP) is 2.35. The molecule has 1 aromatic heterocycles. The smallest absolute Gasteiger partial charge is 0.408 e. The van der Waals surface area contributed by atoms with Crippen LogP contribution in [0.3, 0.4) is 0 Å². The maximum absolute atomic E-state index is 12.2. The Morgan fingerprint density at radius 2 is 2.11 bits per heavy atom. The van der Waals surface area contributed by atoms with E-state index in [9.17, 15) is 18.0 Å². The first-order chi connectivity index (χ1) is 8.29. The van der Waals surface area contributed by atoms with Crippen LogP contribution in [0.1, 0.15) is 10.4 Å². The first kappa shape index (κ1) is 12.6. The van der Waals surface area contributed by atoms with Gasteiger partial charge in [-0.15, -0.1) is 5.10 Å². The van der Waals surface area contributed by atoms with Crippen molar-refractivity contribution in [3.63, 3.8) is 0 Å². The molecule has 0 aliphatic carbocycles. The molecule has 1 heterocycles. The molecule has 1 N–H and O–H groups in total. The maximum atomic E-state index is 12.2. The third kappa shape index (κ3) is 2.23. The molecule has 96 valence electrons. The highest BCUT2D eigenvalue weighted by atomic mass is 35.5. The van der Waals surface area contributed by atoms with E-state index in [4.69, 9.17) is 16.7 Å². The zero-order valence-electron chi connectivity index (χ0n) is 8.57. The molecule has 2 rings (SSSR count). The molecule has 0 radical (unpaired) electrons. The molecule has 0 spiro atoms. The largest absolute Gasteiger partial charge is 0.478 e. The van der Waals surface area contributed by atoms with Gasteiger partial charge in [-0.1, -0.05) is 16.8 Å². The van der Waals surface area contributed by atoms with Gasteiger partial charge in [-0.05, 0) is 12.1 Å². The van der Waals surface area contributed by atoms with Crippen LogP contribution >= 0.6 is 11.6 Å². The van der Waals surface area contributed by atoms with Crippen LogP contribution in [-0.4, -0.2) is 32.2 Å². The fraction of sp³-hybridized carbons (Fsp3) is 0.222. The van der Waals surface area contributed by atoms with Crippen molar-refractivity contribution in [2.24, 2.45) is 0 Å². The van der Waals surface area contributed by atoms with E-state index in [1.54, 1.807) is 0 Å². The minimum absolute atomic E-state index is 0.0299. The van der Waals surface area contributed by atoms with Crippen LogP contribution in [0, 0.1) is 0 Å². The predicted molar refractivity (Wildman–Crippen MR) is 55.6 cm³/mol. The lowest BCUT2D eigenvalue weighted by molar-refractivity contribution is -0.142. The summed E-state index contributed by atoms with van der Waals surface area (Å²) in [5, 5.41) is 15.3. The summed E-state index contributed by atoms with van der Waals surface area (Å²) < 4.78 is 37.3. The minimum Gasteiger partial charge on any atom is -0.478 e. The Kier molecular flexibility index (Phi) is 2.89. The first-order valence-corrected chi connectivity index (χ1v) is 4.99. The van der Waals surface area contributed by atoms with Crippen molar-refractivity contribution in [1.82, 2.24) is 15.0 Å². The highest BCUT2D eigenvalue weighted by Gasteiger charge is 2.30. The molecule has 0 amide bonds. The number of nitrogens with zero attached hydrogens (tertiary/aromatic N) is 3. The molecule has 0 unspecified atom stereocenters. The van der Waals surface area contributed by atoms with Crippen LogP contribution in [0.5, 0.6) is 0 Å². The number of carbonyl (C=O) groups is 1. The number of carboxylic acids is 1. The van der Waals surface area contributed by atoms with E-state index in [1.807, 2.05) is 0 Å². The Morgan fingerprint density at radius 1 is 1.44 bits per heavy atom. The molecule has 0 atom stereocenters. The third-order valence-corrected chi connectivity index (χ3v) is 2.57. The average Bonchev–Trinajstić information content (AvgIpc) is 2.60. The zero-order valence-corrected chi connectivity index (χ0v) is 9.33. The molecular weight excluding hydrogens is 275 g/mol. The van der Waals surface area contributed by atoms with Gasteiger partial charge in [0.15, 0.2) is 0 Å². The third-order valence-electron chi connectivity index (χ3n) is 2.19. The summed E-state index contributed by atoms with van der Waals surface area (Å²) in [6.07, 6.45) is -4.45. The van der Waals surface area contributed by atoms with Crippen molar-refractivity contribution < 1.29 is 23.1 Å². The van der Waals surface area contributed by atoms with Crippen LogP contribution < -0.4 is 0 Å². The minimum atomic E-state index is -4.45. The van der Waals surface area contributed by atoms with Crippen molar-refractivity contribution >= 4 is 28.6 Å². The number of rotatable bonds is 2. The second-order valence-corrected chi connectivity index (χ2v) is 3.84. The molecule has 2 aromatic rings. The first-order valence-electron chi connectivity index (χ1n) is 4.61. The van der Waals surface area contributed by atoms with Gasteiger partial charge < -0.3 is 5.11 Å². The number of halogens is 4. The highest BCUT2D eigenvalue weighted by molar-refractivity contribution is 6.37. The summed E-state index contributed by atoms with van der Waals surface area (Å²) in [6, 6.07) is 2.31. The molecule has 0 aliphatic heterocycles. The lowest BCUT2D eigenvalue weighted by Gasteiger charge is -2.06. The van der Waals surface area contributed by atoms with Gasteiger partial charge in [0.2, 0.25) is 0 Å². The Labute approximate surface area is 103 Å². The zero-order chi connectivity index (χ0) is 13.5. The fourth-order valence-electron chi connectivity index (χ4n) is 1.46. The SMILES string of the molecule is O=C(O)c1ccc2c(nnn2CC(F)(F)F)c1Cl. The van der Waals surface area contributed by atoms with E-state index in [-0.39, 0.29) is 21.6 Å². The van der Waals surface area contributed by atoms with E-state index in [1.165, 1.54) is 6.07 Å². The van der Waals surface area contributed by atoms with Crippen LogP contribution in [-0.2, 0) is 6.54 Å². The van der Waals surface area contributed by atoms with E-state index in [0.29, 0.717) is 4.68 Å². The molecule has 5 nitrogen and oxygen atoms in total. The standard InChI is InChI=1S/C9H5ClF3N3O2/c10-6-4(8(17)18)1-2-5-7(6)14-15-16(5)3-9(11,12)13/h1-2H,3H2,(H,17,18).